The number of thiazole rings is 1. The summed E-state index contributed by atoms with van der Waals surface area (Å²) in [6.45, 7) is 5.70. The first-order valence-electron chi connectivity index (χ1n) is 6.76. The molecule has 0 spiro atoms. The zero-order valence-electron chi connectivity index (χ0n) is 12.2. The number of rotatable bonds is 5. The normalized spacial score (nSPS) is 12.6. The Bertz CT molecular complexity index is 679. The molecule has 0 saturated heterocycles. The van der Waals surface area contributed by atoms with Gasteiger partial charge in [-0.3, -0.25) is 9.59 Å². The topological polar surface area (TPSA) is 79.3 Å². The average Bonchev–Trinajstić information content (AvgIpc) is 2.76. The quantitative estimate of drug-likeness (QED) is 0.890. The molecule has 6 heteroatoms. The molecule has 0 aliphatic heterocycles. The van der Waals surface area contributed by atoms with Crippen molar-refractivity contribution in [2.75, 3.05) is 0 Å². The third-order valence-corrected chi connectivity index (χ3v) is 4.22. The van der Waals surface area contributed by atoms with Crippen LogP contribution in [0.5, 0.6) is 0 Å². The first kappa shape index (κ1) is 15.4. The van der Waals surface area contributed by atoms with Gasteiger partial charge in [0.1, 0.15) is 0 Å². The number of fused-ring (bicyclic) bond motifs is 1. The molecule has 21 heavy (non-hydrogen) atoms. The van der Waals surface area contributed by atoms with E-state index < -0.39 is 5.97 Å². The fourth-order valence-corrected chi connectivity index (χ4v) is 2.88. The number of aromatic nitrogens is 1. The fourth-order valence-electron chi connectivity index (χ4n) is 2.08. The molecule has 5 nitrogen and oxygen atoms in total. The Morgan fingerprint density at radius 2 is 2.10 bits per heavy atom. The number of hydrogen-bond donors (Lipinski definition) is 2. The van der Waals surface area contributed by atoms with E-state index in [9.17, 15) is 9.59 Å². The van der Waals surface area contributed by atoms with Crippen molar-refractivity contribution in [2.45, 2.75) is 33.2 Å². The van der Waals surface area contributed by atoms with E-state index in [2.05, 4.69) is 10.3 Å². The molecule has 2 N–H and O–H groups in total. The Kier molecular flexibility index (Phi) is 4.57. The first-order valence-corrected chi connectivity index (χ1v) is 7.58. The number of carbonyl (C=O) groups is 2. The lowest BCUT2D eigenvalue weighted by Crippen LogP contribution is -2.40. The van der Waals surface area contributed by atoms with Crippen molar-refractivity contribution in [3.05, 3.63) is 28.8 Å². The number of aryl methyl sites for hydroxylation is 1. The SMILES string of the molecule is Cc1nc2cc(C(=O)N[C@@H](CC(=O)O)C(C)C)ccc2s1. The van der Waals surface area contributed by atoms with E-state index in [1.807, 2.05) is 26.8 Å². The van der Waals surface area contributed by atoms with Crippen LogP contribution in [0.4, 0.5) is 0 Å². The van der Waals surface area contributed by atoms with Gasteiger partial charge in [0.2, 0.25) is 0 Å². The molecule has 112 valence electrons. The van der Waals surface area contributed by atoms with Crippen LogP contribution in [0.3, 0.4) is 0 Å². The standard InChI is InChI=1S/C15H18N2O3S/c1-8(2)11(7-14(18)19)17-15(20)10-4-5-13-12(6-10)16-9(3)21-13/h4-6,8,11H,7H2,1-3H3,(H,17,20)(H,18,19)/t11-/m0/s1. The van der Waals surface area contributed by atoms with Crippen LogP contribution in [0, 0.1) is 12.8 Å². The van der Waals surface area contributed by atoms with Crippen LogP contribution in [0.2, 0.25) is 0 Å². The van der Waals surface area contributed by atoms with E-state index in [0.29, 0.717) is 5.56 Å². The lowest BCUT2D eigenvalue weighted by molar-refractivity contribution is -0.137. The van der Waals surface area contributed by atoms with Gasteiger partial charge in [0.15, 0.2) is 0 Å². The predicted octanol–water partition coefficient (Wildman–Crippen LogP) is 2.83. The number of amides is 1. The van der Waals surface area contributed by atoms with E-state index in [-0.39, 0.29) is 24.3 Å². The molecule has 0 unspecified atom stereocenters. The smallest absolute Gasteiger partial charge is 0.305 e. The third kappa shape index (κ3) is 3.78. The lowest BCUT2D eigenvalue weighted by Gasteiger charge is -2.20. The van der Waals surface area contributed by atoms with Gasteiger partial charge in [-0.25, -0.2) is 4.98 Å². The highest BCUT2D eigenvalue weighted by Crippen LogP contribution is 2.22. The number of benzene rings is 1. The Morgan fingerprint density at radius 3 is 2.71 bits per heavy atom. The Hall–Kier alpha value is -1.95. The van der Waals surface area contributed by atoms with Crippen LogP contribution in [-0.2, 0) is 4.79 Å². The highest BCUT2D eigenvalue weighted by atomic mass is 32.1. The number of carboxylic acid groups (broad SMARTS) is 1. The number of nitrogens with zero attached hydrogens (tertiary/aromatic N) is 1. The van der Waals surface area contributed by atoms with Gasteiger partial charge in [0.25, 0.3) is 5.91 Å². The van der Waals surface area contributed by atoms with E-state index in [4.69, 9.17) is 5.11 Å². The molecule has 1 amide bonds. The minimum atomic E-state index is -0.917. The number of aliphatic carboxylic acids is 1. The van der Waals surface area contributed by atoms with Gasteiger partial charge < -0.3 is 10.4 Å². The summed E-state index contributed by atoms with van der Waals surface area (Å²) in [5.74, 6) is -1.13. The van der Waals surface area contributed by atoms with Gasteiger partial charge in [0.05, 0.1) is 21.6 Å². The van der Waals surface area contributed by atoms with Gasteiger partial charge in [-0.05, 0) is 31.0 Å². The van der Waals surface area contributed by atoms with Crippen LogP contribution >= 0.6 is 11.3 Å². The Balaban J connectivity index is 2.18. The molecular weight excluding hydrogens is 288 g/mol. The van der Waals surface area contributed by atoms with Crippen LogP contribution in [0.25, 0.3) is 10.2 Å². The molecule has 0 aliphatic rings. The summed E-state index contributed by atoms with van der Waals surface area (Å²) in [5, 5.41) is 12.6. The maximum atomic E-state index is 12.3. The fraction of sp³-hybridized carbons (Fsp3) is 0.400. The summed E-state index contributed by atoms with van der Waals surface area (Å²) in [5.41, 5.74) is 1.30. The van der Waals surface area contributed by atoms with Crippen molar-refractivity contribution in [3.63, 3.8) is 0 Å². The van der Waals surface area contributed by atoms with E-state index in [1.165, 1.54) is 0 Å². The number of carboxylic acids is 1. The Labute approximate surface area is 127 Å². The molecule has 0 saturated carbocycles. The van der Waals surface area contributed by atoms with Gasteiger partial charge in [0, 0.05) is 11.6 Å². The first-order chi connectivity index (χ1) is 9.86. The molecule has 0 fully saturated rings. The summed E-state index contributed by atoms with van der Waals surface area (Å²) in [7, 11) is 0. The minimum Gasteiger partial charge on any atom is -0.481 e. The number of nitrogens with one attached hydrogen (secondary N) is 1. The summed E-state index contributed by atoms with van der Waals surface area (Å²) in [6.07, 6.45) is -0.0819. The van der Waals surface area contributed by atoms with Crippen molar-refractivity contribution in [3.8, 4) is 0 Å². The highest BCUT2D eigenvalue weighted by Gasteiger charge is 2.20. The average molecular weight is 306 g/mol. The summed E-state index contributed by atoms with van der Waals surface area (Å²) in [4.78, 5) is 27.5. The van der Waals surface area contributed by atoms with E-state index in [0.717, 1.165) is 15.2 Å². The maximum Gasteiger partial charge on any atom is 0.305 e. The highest BCUT2D eigenvalue weighted by molar-refractivity contribution is 7.18. The summed E-state index contributed by atoms with van der Waals surface area (Å²) >= 11 is 1.58. The van der Waals surface area contributed by atoms with Crippen molar-refractivity contribution < 1.29 is 14.7 Å². The van der Waals surface area contributed by atoms with E-state index in [1.54, 1.807) is 23.5 Å². The molecule has 1 heterocycles. The van der Waals surface area contributed by atoms with Crippen LogP contribution in [-0.4, -0.2) is 28.0 Å². The Morgan fingerprint density at radius 1 is 1.38 bits per heavy atom. The molecule has 0 radical (unpaired) electrons. The second-order valence-electron chi connectivity index (χ2n) is 5.34. The molecule has 2 rings (SSSR count). The van der Waals surface area contributed by atoms with Crippen LogP contribution < -0.4 is 5.32 Å². The number of hydrogen-bond acceptors (Lipinski definition) is 4. The largest absolute Gasteiger partial charge is 0.481 e. The van der Waals surface area contributed by atoms with Crippen LogP contribution in [0.15, 0.2) is 18.2 Å². The van der Waals surface area contributed by atoms with Crippen molar-refractivity contribution >= 4 is 33.4 Å². The molecule has 2 aromatic rings. The second kappa shape index (κ2) is 6.22. The third-order valence-electron chi connectivity index (χ3n) is 3.27. The molecule has 1 aromatic heterocycles. The zero-order chi connectivity index (χ0) is 15.6. The number of carbonyl (C=O) groups excluding carboxylic acids is 1. The minimum absolute atomic E-state index is 0.0512. The van der Waals surface area contributed by atoms with Crippen molar-refractivity contribution in [2.24, 2.45) is 5.92 Å². The predicted molar refractivity (Wildman–Crippen MR) is 82.7 cm³/mol. The van der Waals surface area contributed by atoms with E-state index >= 15 is 0 Å². The lowest BCUT2D eigenvalue weighted by atomic mass is 10.0. The maximum absolute atomic E-state index is 12.3. The molecule has 0 bridgehead atoms. The van der Waals surface area contributed by atoms with Gasteiger partial charge >= 0.3 is 5.97 Å². The molecule has 1 atom stereocenters. The van der Waals surface area contributed by atoms with Crippen molar-refractivity contribution in [1.29, 1.82) is 0 Å². The second-order valence-corrected chi connectivity index (χ2v) is 6.57. The summed E-state index contributed by atoms with van der Waals surface area (Å²) in [6, 6.07) is 4.97. The zero-order valence-corrected chi connectivity index (χ0v) is 13.0. The monoisotopic (exact) mass is 306 g/mol. The van der Waals surface area contributed by atoms with Gasteiger partial charge in [-0.15, -0.1) is 11.3 Å². The molecule has 0 aliphatic carbocycles. The van der Waals surface area contributed by atoms with Crippen LogP contribution in [0.1, 0.15) is 35.6 Å². The van der Waals surface area contributed by atoms with Crippen molar-refractivity contribution in [1.82, 2.24) is 10.3 Å². The molecule has 1 aromatic carbocycles. The van der Waals surface area contributed by atoms with Gasteiger partial charge in [-0.2, -0.15) is 0 Å². The van der Waals surface area contributed by atoms with Gasteiger partial charge in [-0.1, -0.05) is 13.8 Å². The summed E-state index contributed by atoms with van der Waals surface area (Å²) < 4.78 is 1.04. The molecular formula is C15H18N2O3S.